The quantitative estimate of drug-likeness (QED) is 0.577. The third kappa shape index (κ3) is 2.88. The molecule has 1 heterocycles. The van der Waals surface area contributed by atoms with Crippen LogP contribution in [0.15, 0.2) is 6.07 Å². The molecular formula is C12H18N2S. The Bertz CT molecular complexity index is 375. The van der Waals surface area contributed by atoms with Crippen LogP contribution in [0.1, 0.15) is 56.0 Å². The molecule has 0 spiro atoms. The van der Waals surface area contributed by atoms with E-state index >= 15 is 0 Å². The first kappa shape index (κ1) is 10.8. The molecule has 3 heteroatoms. The van der Waals surface area contributed by atoms with Gasteiger partial charge in [0.2, 0.25) is 0 Å². The van der Waals surface area contributed by atoms with E-state index in [9.17, 15) is 0 Å². The molecule has 0 atom stereocenters. The molecule has 0 radical (unpaired) electrons. The van der Waals surface area contributed by atoms with Crippen LogP contribution in [-0.4, -0.2) is 9.97 Å². The first-order valence-electron chi connectivity index (χ1n) is 5.83. The molecule has 0 unspecified atom stereocenters. The van der Waals surface area contributed by atoms with Crippen LogP contribution in [0.3, 0.4) is 0 Å². The molecule has 1 fully saturated rings. The summed E-state index contributed by atoms with van der Waals surface area (Å²) in [5, 5.41) is 0. The van der Waals surface area contributed by atoms with Gasteiger partial charge in [-0.05, 0) is 25.8 Å². The molecule has 2 nitrogen and oxygen atoms in total. The second-order valence-electron chi connectivity index (χ2n) is 4.48. The molecule has 1 aliphatic rings. The molecule has 0 aliphatic heterocycles. The van der Waals surface area contributed by atoms with Gasteiger partial charge in [0.25, 0.3) is 0 Å². The fourth-order valence-electron chi connectivity index (χ4n) is 2.35. The maximum Gasteiger partial charge on any atom is 0.129 e. The molecule has 0 bridgehead atoms. The highest BCUT2D eigenvalue weighted by atomic mass is 32.1. The Morgan fingerprint density at radius 2 is 1.93 bits per heavy atom. The number of hydrogen-bond donors (Lipinski definition) is 1. The Hall–Kier alpha value is -0.700. The van der Waals surface area contributed by atoms with Crippen LogP contribution in [-0.2, 0) is 0 Å². The number of aromatic amines is 1. The van der Waals surface area contributed by atoms with Crippen LogP contribution in [0.25, 0.3) is 0 Å². The van der Waals surface area contributed by atoms with E-state index in [-0.39, 0.29) is 0 Å². The van der Waals surface area contributed by atoms with Gasteiger partial charge in [0, 0.05) is 11.6 Å². The average Bonchev–Trinajstić information content (AvgIpc) is 2.43. The molecule has 1 saturated carbocycles. The summed E-state index contributed by atoms with van der Waals surface area (Å²) in [6.07, 6.45) is 7.96. The molecule has 0 aromatic carbocycles. The van der Waals surface area contributed by atoms with Gasteiger partial charge < -0.3 is 4.98 Å². The fourth-order valence-corrected chi connectivity index (χ4v) is 2.62. The maximum absolute atomic E-state index is 5.16. The van der Waals surface area contributed by atoms with Crippen molar-refractivity contribution in [1.82, 2.24) is 9.97 Å². The number of hydrogen-bond acceptors (Lipinski definition) is 2. The summed E-state index contributed by atoms with van der Waals surface area (Å²) in [7, 11) is 0. The smallest absolute Gasteiger partial charge is 0.129 e. The highest BCUT2D eigenvalue weighted by molar-refractivity contribution is 7.71. The van der Waals surface area contributed by atoms with Gasteiger partial charge in [-0.15, -0.1) is 0 Å². The Morgan fingerprint density at radius 1 is 1.27 bits per heavy atom. The number of H-pyrrole nitrogens is 1. The first-order valence-corrected chi connectivity index (χ1v) is 6.24. The molecule has 15 heavy (non-hydrogen) atoms. The zero-order valence-corrected chi connectivity index (χ0v) is 10.1. The van der Waals surface area contributed by atoms with Crippen molar-refractivity contribution in [2.45, 2.75) is 51.4 Å². The molecule has 1 aliphatic carbocycles. The van der Waals surface area contributed by atoms with Gasteiger partial charge >= 0.3 is 0 Å². The van der Waals surface area contributed by atoms with Gasteiger partial charge in [-0.3, -0.25) is 0 Å². The maximum atomic E-state index is 5.16. The van der Waals surface area contributed by atoms with Crippen molar-refractivity contribution in [3.05, 3.63) is 22.2 Å². The van der Waals surface area contributed by atoms with E-state index in [2.05, 4.69) is 16.9 Å². The molecular weight excluding hydrogens is 204 g/mol. The Labute approximate surface area is 96.1 Å². The lowest BCUT2D eigenvalue weighted by atomic mass is 9.99. The van der Waals surface area contributed by atoms with Gasteiger partial charge in [0.15, 0.2) is 0 Å². The minimum absolute atomic E-state index is 0.606. The largest absolute Gasteiger partial charge is 0.347 e. The van der Waals surface area contributed by atoms with Gasteiger partial charge in [0.1, 0.15) is 10.5 Å². The van der Waals surface area contributed by atoms with E-state index in [0.717, 1.165) is 16.2 Å². The Balaban J connectivity index is 2.23. The Kier molecular flexibility index (Phi) is 3.52. The van der Waals surface area contributed by atoms with E-state index in [1.165, 1.54) is 38.5 Å². The van der Waals surface area contributed by atoms with Gasteiger partial charge in [-0.2, -0.15) is 0 Å². The lowest BCUT2D eigenvalue weighted by Gasteiger charge is -2.13. The van der Waals surface area contributed by atoms with E-state index < -0.39 is 0 Å². The SMILES string of the molecule is Cc1cc(=S)nc(C2CCCCCC2)[nH]1. The highest BCUT2D eigenvalue weighted by Gasteiger charge is 2.16. The molecule has 1 aromatic heterocycles. The Morgan fingerprint density at radius 3 is 2.53 bits per heavy atom. The van der Waals surface area contributed by atoms with Crippen molar-refractivity contribution in [2.24, 2.45) is 0 Å². The summed E-state index contributed by atoms with van der Waals surface area (Å²) >= 11 is 5.16. The second kappa shape index (κ2) is 4.88. The standard InChI is InChI=1S/C12H18N2S/c1-9-8-11(15)14-12(13-9)10-6-4-2-3-5-7-10/h8,10H,2-7H2,1H3,(H,13,14,15). The summed E-state index contributed by atoms with van der Waals surface area (Å²) in [5.41, 5.74) is 1.13. The van der Waals surface area contributed by atoms with E-state index in [1.54, 1.807) is 0 Å². The van der Waals surface area contributed by atoms with Crippen LogP contribution in [0.4, 0.5) is 0 Å². The molecule has 1 aromatic rings. The van der Waals surface area contributed by atoms with Crippen molar-refractivity contribution in [3.8, 4) is 0 Å². The normalized spacial score (nSPS) is 18.7. The predicted molar refractivity (Wildman–Crippen MR) is 64.6 cm³/mol. The lowest BCUT2D eigenvalue weighted by Crippen LogP contribution is -2.04. The second-order valence-corrected chi connectivity index (χ2v) is 4.89. The summed E-state index contributed by atoms with van der Waals surface area (Å²) in [5.74, 6) is 1.72. The van der Waals surface area contributed by atoms with Crippen molar-refractivity contribution in [3.63, 3.8) is 0 Å². The van der Waals surface area contributed by atoms with Gasteiger partial charge in [-0.1, -0.05) is 37.9 Å². The predicted octanol–water partition coefficient (Wildman–Crippen LogP) is 3.89. The topological polar surface area (TPSA) is 28.7 Å². The number of rotatable bonds is 1. The molecule has 2 rings (SSSR count). The fraction of sp³-hybridized carbons (Fsp3) is 0.667. The van der Waals surface area contributed by atoms with Crippen LogP contribution < -0.4 is 0 Å². The van der Waals surface area contributed by atoms with Crippen LogP contribution >= 0.6 is 12.2 Å². The lowest BCUT2D eigenvalue weighted by molar-refractivity contribution is 0.558. The van der Waals surface area contributed by atoms with Crippen molar-refractivity contribution < 1.29 is 0 Å². The monoisotopic (exact) mass is 222 g/mol. The molecule has 1 N–H and O–H groups in total. The zero-order valence-electron chi connectivity index (χ0n) is 9.25. The summed E-state index contributed by atoms with van der Waals surface area (Å²) in [6, 6.07) is 1.93. The van der Waals surface area contributed by atoms with Crippen LogP contribution in [0.5, 0.6) is 0 Å². The van der Waals surface area contributed by atoms with Crippen molar-refractivity contribution in [2.75, 3.05) is 0 Å². The van der Waals surface area contributed by atoms with E-state index in [1.807, 2.05) is 6.07 Å². The van der Waals surface area contributed by atoms with Crippen molar-refractivity contribution >= 4 is 12.2 Å². The van der Waals surface area contributed by atoms with E-state index in [0.29, 0.717) is 5.92 Å². The van der Waals surface area contributed by atoms with Crippen LogP contribution in [0.2, 0.25) is 0 Å². The number of aromatic nitrogens is 2. The zero-order chi connectivity index (χ0) is 10.7. The molecule has 0 saturated heterocycles. The molecule has 82 valence electrons. The highest BCUT2D eigenvalue weighted by Crippen LogP contribution is 2.29. The minimum atomic E-state index is 0.606. The summed E-state index contributed by atoms with van der Waals surface area (Å²) in [4.78, 5) is 7.83. The van der Waals surface area contributed by atoms with E-state index in [4.69, 9.17) is 12.2 Å². The van der Waals surface area contributed by atoms with Gasteiger partial charge in [0.05, 0.1) is 0 Å². The number of aryl methyl sites for hydroxylation is 1. The van der Waals surface area contributed by atoms with Crippen LogP contribution in [0, 0.1) is 11.6 Å². The number of nitrogens with zero attached hydrogens (tertiary/aromatic N) is 1. The minimum Gasteiger partial charge on any atom is -0.347 e. The van der Waals surface area contributed by atoms with Crippen molar-refractivity contribution in [1.29, 1.82) is 0 Å². The summed E-state index contributed by atoms with van der Waals surface area (Å²) in [6.45, 7) is 2.05. The third-order valence-corrected chi connectivity index (χ3v) is 3.35. The molecule has 0 amide bonds. The summed E-state index contributed by atoms with van der Waals surface area (Å²) < 4.78 is 0.727. The average molecular weight is 222 g/mol. The first-order chi connectivity index (χ1) is 7.25. The third-order valence-electron chi connectivity index (χ3n) is 3.14. The van der Waals surface area contributed by atoms with Gasteiger partial charge in [-0.25, -0.2) is 4.98 Å². The number of nitrogens with one attached hydrogen (secondary N) is 1.